The van der Waals surface area contributed by atoms with Crippen LogP contribution in [0.3, 0.4) is 0 Å². The highest BCUT2D eigenvalue weighted by molar-refractivity contribution is 6.43. The van der Waals surface area contributed by atoms with Crippen molar-refractivity contribution in [3.05, 3.63) is 63.6 Å². The lowest BCUT2D eigenvalue weighted by molar-refractivity contribution is 0.0954. The Balaban J connectivity index is 1.92. The maximum absolute atomic E-state index is 12.0. The van der Waals surface area contributed by atoms with Gasteiger partial charge in [-0.2, -0.15) is 0 Å². The van der Waals surface area contributed by atoms with Crippen LogP contribution in [0.15, 0.2) is 42.5 Å². The first-order valence-electron chi connectivity index (χ1n) is 6.08. The summed E-state index contributed by atoms with van der Waals surface area (Å²) in [7, 11) is 0. The van der Waals surface area contributed by atoms with E-state index in [2.05, 4.69) is 5.32 Å². The first-order chi connectivity index (χ1) is 9.58. The molecule has 0 aliphatic rings. The summed E-state index contributed by atoms with van der Waals surface area (Å²) in [5, 5.41) is 12.6. The summed E-state index contributed by atoms with van der Waals surface area (Å²) in [6.45, 7) is 0.479. The summed E-state index contributed by atoms with van der Waals surface area (Å²) >= 11 is 11.8. The van der Waals surface area contributed by atoms with Crippen LogP contribution in [0.2, 0.25) is 10.0 Å². The largest absolute Gasteiger partial charge is 0.508 e. The first-order valence-corrected chi connectivity index (χ1v) is 6.83. The molecule has 2 rings (SSSR count). The second-order valence-corrected chi connectivity index (χ2v) is 5.06. The molecule has 20 heavy (non-hydrogen) atoms. The molecular weight excluding hydrogens is 297 g/mol. The third kappa shape index (κ3) is 3.65. The number of halogens is 2. The van der Waals surface area contributed by atoms with E-state index in [4.69, 9.17) is 23.2 Å². The standard InChI is InChI=1S/C15H13Cl2NO2/c16-13-3-1-2-12(14(13)17)15(20)18-9-8-10-4-6-11(19)7-5-10/h1-7,19H,8-9H2,(H,18,20). The average molecular weight is 310 g/mol. The molecule has 0 bridgehead atoms. The Bertz CT molecular complexity index is 612. The summed E-state index contributed by atoms with van der Waals surface area (Å²) in [6, 6.07) is 11.8. The van der Waals surface area contributed by atoms with Crippen molar-refractivity contribution in [3.63, 3.8) is 0 Å². The van der Waals surface area contributed by atoms with Gasteiger partial charge in [0, 0.05) is 6.54 Å². The molecule has 2 aromatic carbocycles. The molecule has 104 valence electrons. The van der Waals surface area contributed by atoms with E-state index in [-0.39, 0.29) is 16.7 Å². The highest BCUT2D eigenvalue weighted by Crippen LogP contribution is 2.25. The van der Waals surface area contributed by atoms with Gasteiger partial charge >= 0.3 is 0 Å². The van der Waals surface area contributed by atoms with E-state index in [0.29, 0.717) is 23.6 Å². The number of amides is 1. The monoisotopic (exact) mass is 309 g/mol. The minimum Gasteiger partial charge on any atom is -0.508 e. The molecular formula is C15H13Cl2NO2. The number of hydrogen-bond acceptors (Lipinski definition) is 2. The maximum Gasteiger partial charge on any atom is 0.252 e. The van der Waals surface area contributed by atoms with E-state index in [1.165, 1.54) is 0 Å². The summed E-state index contributed by atoms with van der Waals surface area (Å²) in [5.41, 5.74) is 1.39. The van der Waals surface area contributed by atoms with Crippen molar-refractivity contribution < 1.29 is 9.90 Å². The molecule has 0 atom stereocenters. The maximum atomic E-state index is 12.0. The zero-order valence-corrected chi connectivity index (χ0v) is 12.1. The highest BCUT2D eigenvalue weighted by Gasteiger charge is 2.11. The van der Waals surface area contributed by atoms with Crippen LogP contribution in [0.25, 0.3) is 0 Å². The normalized spacial score (nSPS) is 10.3. The van der Waals surface area contributed by atoms with Gasteiger partial charge in [0.15, 0.2) is 0 Å². The van der Waals surface area contributed by atoms with Gasteiger partial charge in [0.2, 0.25) is 0 Å². The van der Waals surface area contributed by atoms with Crippen LogP contribution in [-0.4, -0.2) is 17.6 Å². The molecule has 0 saturated heterocycles. The molecule has 3 nitrogen and oxygen atoms in total. The summed E-state index contributed by atoms with van der Waals surface area (Å²) in [6.07, 6.45) is 0.671. The average Bonchev–Trinajstić information content (AvgIpc) is 2.44. The fraction of sp³-hybridized carbons (Fsp3) is 0.133. The number of phenolic OH excluding ortho intramolecular Hbond substituents is 1. The first kappa shape index (κ1) is 14.7. The van der Waals surface area contributed by atoms with Crippen molar-refractivity contribution in [1.29, 1.82) is 0 Å². The Morgan fingerprint density at radius 3 is 2.50 bits per heavy atom. The number of carbonyl (C=O) groups is 1. The Labute approximate surface area is 127 Å². The van der Waals surface area contributed by atoms with Crippen molar-refractivity contribution in [2.24, 2.45) is 0 Å². The SMILES string of the molecule is O=C(NCCc1ccc(O)cc1)c1cccc(Cl)c1Cl. The minimum atomic E-state index is -0.253. The number of rotatable bonds is 4. The molecule has 2 aromatic rings. The van der Waals surface area contributed by atoms with Crippen molar-refractivity contribution in [2.75, 3.05) is 6.54 Å². The van der Waals surface area contributed by atoms with E-state index in [9.17, 15) is 9.90 Å². The van der Waals surface area contributed by atoms with E-state index in [0.717, 1.165) is 5.56 Å². The molecule has 0 fully saturated rings. The van der Waals surface area contributed by atoms with Gasteiger partial charge in [-0.1, -0.05) is 41.4 Å². The van der Waals surface area contributed by atoms with Crippen LogP contribution in [0.1, 0.15) is 15.9 Å². The van der Waals surface area contributed by atoms with Gasteiger partial charge in [-0.05, 0) is 36.2 Å². The molecule has 0 aliphatic carbocycles. The van der Waals surface area contributed by atoms with Crippen LogP contribution < -0.4 is 5.32 Å². The van der Waals surface area contributed by atoms with Gasteiger partial charge in [-0.15, -0.1) is 0 Å². The lowest BCUT2D eigenvalue weighted by Gasteiger charge is -2.07. The van der Waals surface area contributed by atoms with Gasteiger partial charge in [0.25, 0.3) is 5.91 Å². The van der Waals surface area contributed by atoms with E-state index in [1.54, 1.807) is 30.3 Å². The molecule has 0 aromatic heterocycles. The van der Waals surface area contributed by atoms with Crippen LogP contribution in [0, 0.1) is 0 Å². The van der Waals surface area contributed by atoms with Crippen LogP contribution >= 0.6 is 23.2 Å². The van der Waals surface area contributed by atoms with Gasteiger partial charge in [-0.3, -0.25) is 4.79 Å². The van der Waals surface area contributed by atoms with Gasteiger partial charge in [0.05, 0.1) is 15.6 Å². The Morgan fingerprint density at radius 1 is 1.10 bits per heavy atom. The van der Waals surface area contributed by atoms with Crippen LogP contribution in [-0.2, 0) is 6.42 Å². The quantitative estimate of drug-likeness (QED) is 0.905. The van der Waals surface area contributed by atoms with Gasteiger partial charge < -0.3 is 10.4 Å². The topological polar surface area (TPSA) is 49.3 Å². The van der Waals surface area contributed by atoms with E-state index < -0.39 is 0 Å². The fourth-order valence-corrected chi connectivity index (χ4v) is 2.14. The second kappa shape index (κ2) is 6.64. The molecule has 0 heterocycles. The number of phenols is 1. The summed E-state index contributed by atoms with van der Waals surface area (Å²) < 4.78 is 0. The predicted octanol–water partition coefficient (Wildman–Crippen LogP) is 3.67. The molecule has 0 aliphatic heterocycles. The highest BCUT2D eigenvalue weighted by atomic mass is 35.5. The molecule has 0 unspecified atom stereocenters. The zero-order valence-electron chi connectivity index (χ0n) is 10.6. The van der Waals surface area contributed by atoms with E-state index >= 15 is 0 Å². The fourth-order valence-electron chi connectivity index (χ4n) is 1.76. The third-order valence-electron chi connectivity index (χ3n) is 2.83. The Kier molecular flexibility index (Phi) is 4.88. The van der Waals surface area contributed by atoms with Crippen LogP contribution in [0.5, 0.6) is 5.75 Å². The molecule has 2 N–H and O–H groups in total. The molecule has 0 spiro atoms. The smallest absolute Gasteiger partial charge is 0.252 e. The third-order valence-corrected chi connectivity index (χ3v) is 3.65. The second-order valence-electron chi connectivity index (χ2n) is 4.27. The lowest BCUT2D eigenvalue weighted by atomic mass is 10.1. The lowest BCUT2D eigenvalue weighted by Crippen LogP contribution is -2.26. The predicted molar refractivity (Wildman–Crippen MR) is 80.6 cm³/mol. The number of carbonyl (C=O) groups excluding carboxylic acids is 1. The van der Waals surface area contributed by atoms with Crippen molar-refractivity contribution in [3.8, 4) is 5.75 Å². The minimum absolute atomic E-state index is 0.225. The Hall–Kier alpha value is -1.71. The van der Waals surface area contributed by atoms with Crippen LogP contribution in [0.4, 0.5) is 0 Å². The summed E-state index contributed by atoms with van der Waals surface area (Å²) in [4.78, 5) is 12.0. The van der Waals surface area contributed by atoms with E-state index in [1.807, 2.05) is 12.1 Å². The van der Waals surface area contributed by atoms with Gasteiger partial charge in [-0.25, -0.2) is 0 Å². The number of benzene rings is 2. The number of hydrogen-bond donors (Lipinski definition) is 2. The van der Waals surface area contributed by atoms with Gasteiger partial charge in [0.1, 0.15) is 5.75 Å². The number of nitrogens with one attached hydrogen (secondary N) is 1. The van der Waals surface area contributed by atoms with Crippen molar-refractivity contribution >= 4 is 29.1 Å². The molecule has 0 radical (unpaired) electrons. The summed E-state index contributed by atoms with van der Waals surface area (Å²) in [5.74, 6) is -0.0280. The molecule has 0 saturated carbocycles. The Morgan fingerprint density at radius 2 is 1.80 bits per heavy atom. The van der Waals surface area contributed by atoms with Crippen molar-refractivity contribution in [2.45, 2.75) is 6.42 Å². The molecule has 1 amide bonds. The number of aromatic hydroxyl groups is 1. The molecule has 5 heteroatoms. The zero-order chi connectivity index (χ0) is 14.5. The van der Waals surface area contributed by atoms with Crippen molar-refractivity contribution in [1.82, 2.24) is 5.32 Å².